The van der Waals surface area contributed by atoms with Crippen LogP contribution in [0.15, 0.2) is 53.6 Å². The second kappa shape index (κ2) is 9.36. The van der Waals surface area contributed by atoms with E-state index in [9.17, 15) is 4.79 Å². The Hall–Kier alpha value is -2.81. The van der Waals surface area contributed by atoms with E-state index in [2.05, 4.69) is 52.0 Å². The van der Waals surface area contributed by atoms with Crippen LogP contribution < -0.4 is 16.7 Å². The molecule has 7 nitrogen and oxygen atoms in total. The van der Waals surface area contributed by atoms with Gasteiger partial charge in [0, 0.05) is 29.3 Å². The first-order valence-corrected chi connectivity index (χ1v) is 11.4. The second-order valence-electron chi connectivity index (χ2n) is 8.97. The maximum Gasteiger partial charge on any atom is 0.352 e. The minimum Gasteiger partial charge on any atom is -0.264 e. The van der Waals surface area contributed by atoms with E-state index in [1.807, 2.05) is 36.0 Å². The van der Waals surface area contributed by atoms with Gasteiger partial charge in [-0.1, -0.05) is 32.9 Å². The van der Waals surface area contributed by atoms with Crippen molar-refractivity contribution in [2.75, 3.05) is 12.1 Å². The lowest BCUT2D eigenvalue weighted by Crippen LogP contribution is -2.49. The summed E-state index contributed by atoms with van der Waals surface area (Å²) in [5.74, 6) is 12.3. The Morgan fingerprint density at radius 1 is 1.09 bits per heavy atom. The van der Waals surface area contributed by atoms with Crippen LogP contribution >= 0.6 is 11.8 Å². The van der Waals surface area contributed by atoms with Gasteiger partial charge in [-0.25, -0.2) is 26.2 Å². The number of anilines is 1. The molecule has 0 aliphatic carbocycles. The molecule has 170 valence electrons. The van der Waals surface area contributed by atoms with Gasteiger partial charge < -0.3 is 0 Å². The van der Waals surface area contributed by atoms with Crippen molar-refractivity contribution in [3.8, 4) is 5.69 Å². The van der Waals surface area contributed by atoms with Gasteiger partial charge in [-0.05, 0) is 60.9 Å². The third-order valence-electron chi connectivity index (χ3n) is 5.31. The van der Waals surface area contributed by atoms with Crippen molar-refractivity contribution in [2.45, 2.75) is 50.7 Å². The Bertz CT molecular complexity index is 1120. The summed E-state index contributed by atoms with van der Waals surface area (Å²) in [5, 5.41) is 6.81. The molecule has 2 amide bonds. The van der Waals surface area contributed by atoms with Gasteiger partial charge in [-0.15, -0.1) is 11.8 Å². The number of urea groups is 1. The lowest BCUT2D eigenvalue weighted by atomic mass is 9.93. The van der Waals surface area contributed by atoms with Crippen LogP contribution in [0.3, 0.4) is 0 Å². The number of thioether (sulfide) groups is 1. The van der Waals surface area contributed by atoms with Crippen molar-refractivity contribution < 1.29 is 4.79 Å². The van der Waals surface area contributed by atoms with Gasteiger partial charge >= 0.3 is 6.03 Å². The molecule has 0 unspecified atom stereocenters. The van der Waals surface area contributed by atoms with Crippen LogP contribution in [0.25, 0.3) is 5.69 Å². The molecule has 0 atom stereocenters. The number of nitrogens with zero attached hydrogens (tertiary/aromatic N) is 4. The van der Waals surface area contributed by atoms with E-state index in [0.29, 0.717) is 11.4 Å². The first-order valence-electron chi connectivity index (χ1n) is 10.4. The van der Waals surface area contributed by atoms with Crippen LogP contribution in [0.5, 0.6) is 0 Å². The second-order valence-corrected chi connectivity index (χ2v) is 9.99. The van der Waals surface area contributed by atoms with Crippen LogP contribution in [0.4, 0.5) is 10.5 Å². The quantitative estimate of drug-likeness (QED) is 0.254. The molecule has 32 heavy (non-hydrogen) atoms. The van der Waals surface area contributed by atoms with Crippen molar-refractivity contribution in [3.05, 3.63) is 71.0 Å². The average molecular weight is 453 g/mol. The zero-order valence-electron chi connectivity index (χ0n) is 19.6. The third-order valence-corrected chi connectivity index (χ3v) is 6.51. The van der Waals surface area contributed by atoms with Gasteiger partial charge in [0.1, 0.15) is 0 Å². The number of amides is 2. The molecule has 1 aromatic heterocycles. The number of carbonyl (C=O) groups excluding carboxylic acids is 1. The molecule has 0 aliphatic rings. The molecule has 0 radical (unpaired) electrons. The fourth-order valence-electron chi connectivity index (χ4n) is 3.33. The normalized spacial score (nSPS) is 11.5. The number of hydrogen-bond donors (Lipinski definition) is 2. The Labute approximate surface area is 194 Å². The summed E-state index contributed by atoms with van der Waals surface area (Å²) in [6, 6.07) is 13.7. The molecule has 8 heteroatoms. The Kier molecular flexibility index (Phi) is 6.97. The maximum atomic E-state index is 12.3. The molecule has 0 saturated heterocycles. The van der Waals surface area contributed by atoms with Crippen molar-refractivity contribution in [1.82, 2.24) is 14.8 Å². The Morgan fingerprint density at radius 2 is 1.81 bits per heavy atom. The number of hydrazine groups is 2. The molecule has 3 aromatic rings. The van der Waals surface area contributed by atoms with Crippen molar-refractivity contribution >= 4 is 23.5 Å². The van der Waals surface area contributed by atoms with E-state index >= 15 is 0 Å². The highest BCUT2D eigenvalue weighted by Crippen LogP contribution is 2.33. The van der Waals surface area contributed by atoms with Crippen molar-refractivity contribution in [1.29, 1.82) is 0 Å². The fraction of sp³-hybridized carbons (Fsp3) is 0.333. The van der Waals surface area contributed by atoms with Crippen LogP contribution in [-0.2, 0) is 11.2 Å². The number of nitrogens with two attached hydrogens (primary N) is 2. The van der Waals surface area contributed by atoms with Crippen LogP contribution in [0.1, 0.15) is 43.2 Å². The molecule has 0 fully saturated rings. The standard InChI is InChI=1S/C24H32N6OS/c1-16-8-7-9-20(30(26)23(31)28(6)25)19(16)15-32-21-11-10-18(14-17(21)2)29-13-12-22(27-29)24(3,4)5/h7-14H,15,25-26H2,1-6H3. The van der Waals surface area contributed by atoms with E-state index in [-0.39, 0.29) is 5.41 Å². The van der Waals surface area contributed by atoms with E-state index in [0.717, 1.165) is 43.0 Å². The molecule has 0 saturated carbocycles. The largest absolute Gasteiger partial charge is 0.352 e. The molecule has 1 heterocycles. The van der Waals surface area contributed by atoms with E-state index < -0.39 is 6.03 Å². The average Bonchev–Trinajstić information content (AvgIpc) is 3.23. The monoisotopic (exact) mass is 452 g/mol. The van der Waals surface area contributed by atoms with Gasteiger partial charge in [0.25, 0.3) is 0 Å². The lowest BCUT2D eigenvalue weighted by Gasteiger charge is -2.24. The van der Waals surface area contributed by atoms with Crippen molar-refractivity contribution in [2.24, 2.45) is 11.7 Å². The number of aryl methyl sites for hydroxylation is 2. The maximum absolute atomic E-state index is 12.3. The van der Waals surface area contributed by atoms with E-state index in [1.54, 1.807) is 11.8 Å². The summed E-state index contributed by atoms with van der Waals surface area (Å²) < 4.78 is 1.92. The SMILES string of the molecule is Cc1cc(-n2ccc(C(C)(C)C)n2)ccc1SCc1c(C)cccc1N(N)C(=O)N(C)N. The van der Waals surface area contributed by atoms with Gasteiger partial charge in [-0.2, -0.15) is 5.10 Å². The smallest absolute Gasteiger partial charge is 0.264 e. The van der Waals surface area contributed by atoms with Gasteiger partial charge in [-0.3, -0.25) is 5.01 Å². The zero-order valence-corrected chi connectivity index (χ0v) is 20.4. The summed E-state index contributed by atoms with van der Waals surface area (Å²) in [7, 11) is 1.47. The lowest BCUT2D eigenvalue weighted by molar-refractivity contribution is 0.216. The Balaban J connectivity index is 1.81. The summed E-state index contributed by atoms with van der Waals surface area (Å²) in [4.78, 5) is 13.4. The minimum atomic E-state index is -0.476. The molecule has 0 bridgehead atoms. The number of aromatic nitrogens is 2. The Morgan fingerprint density at radius 3 is 2.41 bits per heavy atom. The topological polar surface area (TPSA) is 93.4 Å². The van der Waals surface area contributed by atoms with Crippen molar-refractivity contribution in [3.63, 3.8) is 0 Å². The third kappa shape index (κ3) is 5.15. The summed E-state index contributed by atoms with van der Waals surface area (Å²) in [5.41, 5.74) is 5.99. The molecule has 2 aromatic carbocycles. The first kappa shape index (κ1) is 23.8. The predicted molar refractivity (Wildman–Crippen MR) is 132 cm³/mol. The number of benzene rings is 2. The van der Waals surface area contributed by atoms with Crippen LogP contribution in [0, 0.1) is 13.8 Å². The zero-order chi connectivity index (χ0) is 23.6. The highest BCUT2D eigenvalue weighted by Gasteiger charge is 2.19. The summed E-state index contributed by atoms with van der Waals surface area (Å²) in [6.45, 7) is 10.6. The first-order chi connectivity index (χ1) is 15.0. The molecule has 0 aliphatic heterocycles. The predicted octanol–water partition coefficient (Wildman–Crippen LogP) is 4.68. The number of carbonyl (C=O) groups is 1. The summed E-state index contributed by atoms with van der Waals surface area (Å²) in [6.07, 6.45) is 2.00. The van der Waals surface area contributed by atoms with E-state index in [1.165, 1.54) is 7.05 Å². The molecular formula is C24H32N6OS. The minimum absolute atomic E-state index is 0.0122. The number of rotatable bonds is 5. The fourth-order valence-corrected chi connectivity index (χ4v) is 4.46. The highest BCUT2D eigenvalue weighted by molar-refractivity contribution is 7.98. The highest BCUT2D eigenvalue weighted by atomic mass is 32.2. The molecule has 4 N–H and O–H groups in total. The number of hydrogen-bond acceptors (Lipinski definition) is 5. The molecule has 3 rings (SSSR count). The van der Waals surface area contributed by atoms with Crippen LogP contribution in [-0.4, -0.2) is 27.9 Å². The van der Waals surface area contributed by atoms with Gasteiger partial charge in [0.05, 0.1) is 17.1 Å². The van der Waals surface area contributed by atoms with Gasteiger partial charge in [0.2, 0.25) is 0 Å². The summed E-state index contributed by atoms with van der Waals surface area (Å²) >= 11 is 1.71. The molecular weight excluding hydrogens is 420 g/mol. The van der Waals surface area contributed by atoms with Crippen LogP contribution in [0.2, 0.25) is 0 Å². The van der Waals surface area contributed by atoms with E-state index in [4.69, 9.17) is 16.8 Å². The van der Waals surface area contributed by atoms with Gasteiger partial charge in [0.15, 0.2) is 0 Å². The molecule has 0 spiro atoms.